The Bertz CT molecular complexity index is 5410. The molecular formula is C106H143N15O22S2. The first-order valence-electron chi connectivity index (χ1n) is 49.9. The molecule has 1 aromatic heterocycles. The number of carboxylic acid groups (broad SMARTS) is 2. The number of ketones is 2. The van der Waals surface area contributed by atoms with Crippen molar-refractivity contribution in [3.63, 3.8) is 0 Å². The molecule has 12 fully saturated rings. The lowest BCUT2D eigenvalue weighted by Crippen LogP contribution is -2.63. The zero-order valence-corrected chi connectivity index (χ0v) is 84.0. The molecule has 145 heavy (non-hydrogen) atoms. The highest BCUT2D eigenvalue weighted by molar-refractivity contribution is 8.00. The minimum Gasteiger partial charge on any atom is -0.505 e. The molecule has 4 bridgehead atoms. The predicted molar refractivity (Wildman–Crippen MR) is 543 cm³/mol. The van der Waals surface area contributed by atoms with E-state index in [0.717, 1.165) is 87.2 Å². The van der Waals surface area contributed by atoms with E-state index in [-0.39, 0.29) is 116 Å². The third-order valence-corrected chi connectivity index (χ3v) is 32.6. The van der Waals surface area contributed by atoms with Crippen molar-refractivity contribution < 1.29 is 106 Å². The number of aromatic hydroxyl groups is 1. The van der Waals surface area contributed by atoms with Crippen LogP contribution in [0.25, 0.3) is 0 Å². The van der Waals surface area contributed by atoms with E-state index >= 15 is 9.59 Å². The van der Waals surface area contributed by atoms with Crippen LogP contribution in [0.15, 0.2) is 128 Å². The van der Waals surface area contributed by atoms with E-state index in [1.807, 2.05) is 62.4 Å². The van der Waals surface area contributed by atoms with E-state index in [1.54, 1.807) is 105 Å². The van der Waals surface area contributed by atoms with Gasteiger partial charge in [0, 0.05) is 132 Å². The van der Waals surface area contributed by atoms with Crippen molar-refractivity contribution in [1.29, 1.82) is 0 Å². The SMILES string of the molecule is C.C.CC[C@@H]1NC(=O)[C@@H](N)[C@@H](C)OC(=O)[C@H](c2ccccc2)NC(=O)[C@@H]2CC(=O)[C@H](CSC3CN4CCC3CC4)CN2C(=O)[C@H](Cc2ccc(C)cc2)N(C)C(=O)[C@@H]2CCCN2C1=O.CC[C@@H]1NC(=O)[C@@H](NC(=O)c2ncccc2O)[C@@H](C)OC(=O)[C@H](c2ccccc2)NC(=O)[C@@H]2CC(=O)[C@H](CSC3CN4CCC3CC4)CN2C(=O)[C@H](Cc2ccc(C)cc2)N(C)C(=O)[C@@H]2CCCN2C1=O.O=C(O)CCCCC(=O)O. The van der Waals surface area contributed by atoms with Gasteiger partial charge in [-0.3, -0.25) is 71.9 Å². The number of nitrogens with zero attached hydrogens (tertiary/aromatic N) is 9. The molecule has 10 N–H and O–H groups in total. The number of thioether (sulfide) groups is 2. The minimum absolute atomic E-state index is 0. The van der Waals surface area contributed by atoms with Crippen molar-refractivity contribution >= 4 is 124 Å². The average Bonchev–Trinajstić information content (AvgIpc) is 1.73. The monoisotopic (exact) mass is 2040 g/mol. The number of hydrogen-bond acceptors (Lipinski definition) is 26. The first-order valence-corrected chi connectivity index (χ1v) is 52.0. The third kappa shape index (κ3) is 28.4. The number of cyclic esters (lactones) is 2. The number of Topliss-reactive ketones (excluding diaryl/α,β-unsaturated/α-hetero) is 2. The van der Waals surface area contributed by atoms with E-state index in [4.69, 9.17) is 25.4 Å². The highest BCUT2D eigenvalue weighted by Crippen LogP contribution is 2.41. The van der Waals surface area contributed by atoms with Crippen LogP contribution < -0.4 is 32.3 Å². The number of amides is 11. The lowest BCUT2D eigenvalue weighted by atomic mass is 9.88. The largest absolute Gasteiger partial charge is 0.505 e. The number of benzene rings is 4. The summed E-state index contributed by atoms with van der Waals surface area (Å²) in [6.45, 7) is 16.6. The standard InChI is InChI=1S/C52H64N8O10S.C46H61N7O8S.C6H10O4.2CH4/c1-5-36-49(66)59-22-10-13-37(59)50(67)57(4)39(25-32-17-15-30(2)16-18-32)51(68)60-27-35(29-71-42-28-58-23-19-33(42)20-24-58)41(62)26-38(60)46(63)56-44(34-11-7-6-8-12-34)52(69)70-31(3)43(47(64)54-36)55-48(65)45-40(61)14-9-21-53-45;1-5-33-43(57)52-19-9-12-34(52)44(58)50(4)36(22-29-15-13-27(2)14-16-29)45(59)53-24-32(26-62-38-25-51-20-17-30(38)18-21-51)37(54)23-35(53)41(55)49-40(31-10-7-6-8-11-31)46(60)61-28(3)39(47)42(56)48-33;7-5(8)3-1-2-4-6(9)10;;/h6-9,11-12,14-18,21,31,33,35-39,42-44,61H,5,10,13,19-20,22-29H2,1-4H3,(H,54,64)(H,55,65)(H,56,63);6-8,10-11,13-16,28,30,32-36,38-40H,5,9,12,17-26,47H2,1-4H3,(H,48,56)(H,49,55);1-4H2,(H,7,8)(H,9,10);2*1H4/t31-,35+,36+,37+,38+,39+,42?,43+,44+;28-,32+,33+,34+,35+,36+,38?,39+,40+;;;/m11.../s1. The average molecular weight is 2040 g/mol. The van der Waals surface area contributed by atoms with Crippen LogP contribution in [-0.4, -0.2) is 334 Å². The van der Waals surface area contributed by atoms with Crippen LogP contribution in [0.1, 0.15) is 201 Å². The molecule has 11 amide bonds. The van der Waals surface area contributed by atoms with Crippen LogP contribution in [0.2, 0.25) is 0 Å². The number of carbonyl (C=O) groups excluding carboxylic acids is 15. The fourth-order valence-electron chi connectivity index (χ4n) is 20.7. The molecule has 12 aliphatic heterocycles. The number of piperidine rings is 8. The van der Waals surface area contributed by atoms with Crippen LogP contribution in [-0.2, 0) is 99.0 Å². The van der Waals surface area contributed by atoms with Gasteiger partial charge < -0.3 is 96.3 Å². The van der Waals surface area contributed by atoms with E-state index in [2.05, 4.69) is 41.4 Å². The maximum absolute atomic E-state index is 15.6. The Morgan fingerprint density at radius 1 is 0.469 bits per heavy atom. The summed E-state index contributed by atoms with van der Waals surface area (Å²) in [5, 5.41) is 41.0. The van der Waals surface area contributed by atoms with Gasteiger partial charge in [0.05, 0.1) is 0 Å². The normalized spacial score (nSPS) is 29.4. The second-order valence-electron chi connectivity index (χ2n) is 39.2. The first kappa shape index (κ1) is 113. The number of carboxylic acids is 2. The zero-order chi connectivity index (χ0) is 103. The van der Waals surface area contributed by atoms with E-state index in [0.29, 0.717) is 71.5 Å². The number of aliphatic carboxylic acids is 2. The number of pyridine rings is 1. The summed E-state index contributed by atoms with van der Waals surface area (Å²) in [7, 11) is 3.07. The summed E-state index contributed by atoms with van der Waals surface area (Å²) in [6.07, 6.45) is 5.41. The van der Waals surface area contributed by atoms with Crippen molar-refractivity contribution in [2.45, 2.75) is 267 Å². The number of likely N-dealkylation sites (N-methyl/N-ethyl adjacent to an activating group) is 2. The molecule has 17 rings (SSSR count). The number of unbranched alkanes of at least 4 members (excludes halogenated alkanes) is 1. The summed E-state index contributed by atoms with van der Waals surface area (Å²) in [5.74, 6) is -11.0. The molecule has 5 aromatic rings. The molecule has 786 valence electrons. The number of aromatic nitrogens is 1. The van der Waals surface area contributed by atoms with Crippen LogP contribution >= 0.6 is 23.5 Å². The summed E-state index contributed by atoms with van der Waals surface area (Å²) in [5.41, 5.74) is 10.1. The highest BCUT2D eigenvalue weighted by Gasteiger charge is 2.52. The number of nitrogens with one attached hydrogen (secondary N) is 5. The Morgan fingerprint density at radius 3 is 1.25 bits per heavy atom. The van der Waals surface area contributed by atoms with Gasteiger partial charge in [-0.15, -0.1) is 0 Å². The number of carbonyl (C=O) groups is 17. The number of hydrogen-bond donors (Lipinski definition) is 9. The Morgan fingerprint density at radius 2 is 0.869 bits per heavy atom. The molecule has 13 heterocycles. The predicted octanol–water partition coefficient (Wildman–Crippen LogP) is 6.55. The van der Waals surface area contributed by atoms with Gasteiger partial charge in [0.25, 0.3) is 5.91 Å². The van der Waals surface area contributed by atoms with Crippen LogP contribution in [0.5, 0.6) is 5.75 Å². The smallest absolute Gasteiger partial charge is 0.333 e. The molecule has 2 unspecified atom stereocenters. The van der Waals surface area contributed by atoms with Gasteiger partial charge in [0.1, 0.15) is 89.9 Å². The summed E-state index contributed by atoms with van der Waals surface area (Å²) in [4.78, 5) is 255. The molecule has 37 nitrogen and oxygen atoms in total. The number of ether oxygens (including phenoxy) is 2. The quantitative estimate of drug-likeness (QED) is 0.0278. The number of aryl methyl sites for hydroxylation is 2. The number of nitrogens with two attached hydrogens (primary N) is 1. The third-order valence-electron chi connectivity index (χ3n) is 29.5. The fourth-order valence-corrected chi connectivity index (χ4v) is 24.0. The van der Waals surface area contributed by atoms with Crippen molar-refractivity contribution in [3.8, 4) is 5.75 Å². The summed E-state index contributed by atoms with van der Waals surface area (Å²) in [6, 6.07) is 19.2. The van der Waals surface area contributed by atoms with E-state index < -0.39 is 197 Å². The number of esters is 2. The molecule has 12 aliphatic rings. The maximum Gasteiger partial charge on any atom is 0.333 e. The van der Waals surface area contributed by atoms with Gasteiger partial charge in [-0.25, -0.2) is 14.6 Å². The summed E-state index contributed by atoms with van der Waals surface area (Å²) >= 11 is 3.50. The molecule has 12 saturated heterocycles. The molecule has 0 spiro atoms. The topological polar surface area (TPSA) is 494 Å². The second-order valence-corrected chi connectivity index (χ2v) is 41.8. The van der Waals surface area contributed by atoms with Crippen molar-refractivity contribution in [3.05, 3.63) is 167 Å². The molecule has 0 aliphatic carbocycles. The van der Waals surface area contributed by atoms with Gasteiger partial charge >= 0.3 is 23.9 Å². The molecule has 39 heteroatoms. The summed E-state index contributed by atoms with van der Waals surface area (Å²) < 4.78 is 11.7. The lowest BCUT2D eigenvalue weighted by molar-refractivity contribution is -0.158. The lowest BCUT2D eigenvalue weighted by Gasteiger charge is -2.45. The Labute approximate surface area is 856 Å². The minimum atomic E-state index is -1.69. The highest BCUT2D eigenvalue weighted by atomic mass is 32.2. The van der Waals surface area contributed by atoms with Gasteiger partial charge in [-0.05, 0) is 177 Å². The zero-order valence-electron chi connectivity index (χ0n) is 82.4. The van der Waals surface area contributed by atoms with Crippen LogP contribution in [0.4, 0.5) is 0 Å². The first-order chi connectivity index (χ1) is 68.5. The second kappa shape index (κ2) is 52.2. The van der Waals surface area contributed by atoms with Gasteiger partial charge in [0.15, 0.2) is 17.8 Å². The van der Waals surface area contributed by atoms with Gasteiger partial charge in [-0.1, -0.05) is 149 Å². The molecular weight excluding hydrogens is 1900 g/mol. The Kier molecular flexibility index (Phi) is 40.7. The van der Waals surface area contributed by atoms with Crippen LogP contribution in [0, 0.1) is 37.5 Å². The Hall–Kier alpha value is -12.2. The van der Waals surface area contributed by atoms with Gasteiger partial charge in [-0.2, -0.15) is 23.5 Å². The maximum atomic E-state index is 15.6. The van der Waals surface area contributed by atoms with Crippen molar-refractivity contribution in [2.75, 3.05) is 91.0 Å². The molecule has 4 aromatic carbocycles. The van der Waals surface area contributed by atoms with E-state index in [9.17, 15) is 77.0 Å². The molecule has 0 radical (unpaired) electrons. The molecule has 18 atom stereocenters. The van der Waals surface area contributed by atoms with Gasteiger partial charge in [0.2, 0.25) is 59.1 Å². The Balaban J connectivity index is 0.000000251. The fraction of sp³-hybridized carbons (Fsp3) is 0.566. The van der Waals surface area contributed by atoms with Crippen molar-refractivity contribution in [2.24, 2.45) is 29.4 Å². The van der Waals surface area contributed by atoms with Crippen LogP contribution in [0.3, 0.4) is 0 Å². The molecule has 0 saturated carbocycles. The number of rotatable bonds is 21. The van der Waals surface area contributed by atoms with Crippen molar-refractivity contribution in [1.82, 2.24) is 70.8 Å². The number of fused-ring (bicyclic) bond motifs is 10. The van der Waals surface area contributed by atoms with E-state index in [1.165, 1.54) is 68.6 Å².